The summed E-state index contributed by atoms with van der Waals surface area (Å²) < 4.78 is 14.7. The first kappa shape index (κ1) is 13.4. The Balaban J connectivity index is 1.83. The Hall–Kier alpha value is -2.63. The molecule has 21 heavy (non-hydrogen) atoms. The molecule has 6 heteroatoms. The summed E-state index contributed by atoms with van der Waals surface area (Å²) in [4.78, 5) is 16.7. The average Bonchev–Trinajstić information content (AvgIpc) is 2.98. The summed E-state index contributed by atoms with van der Waals surface area (Å²) in [6.07, 6.45) is 5.24. The first-order chi connectivity index (χ1) is 10.1. The Kier molecular flexibility index (Phi) is 3.43. The van der Waals surface area contributed by atoms with Gasteiger partial charge in [0.05, 0.1) is 18.6 Å². The lowest BCUT2D eigenvalue weighted by atomic mass is 10.1. The molecule has 0 fully saturated rings. The molecule has 0 aliphatic carbocycles. The van der Waals surface area contributed by atoms with Crippen molar-refractivity contribution in [3.63, 3.8) is 0 Å². The zero-order valence-corrected chi connectivity index (χ0v) is 11.2. The number of aromatic nitrogens is 2. The van der Waals surface area contributed by atoms with Crippen LogP contribution in [0.1, 0.15) is 12.1 Å². The Morgan fingerprint density at radius 1 is 1.29 bits per heavy atom. The molecule has 2 aromatic rings. The molecule has 1 aliphatic rings. The summed E-state index contributed by atoms with van der Waals surface area (Å²) in [5.41, 5.74) is 2.44. The number of hydrogen-bond donors (Lipinski definition) is 1. The monoisotopic (exact) mass is 287 g/mol. The molecule has 1 aliphatic heterocycles. The Labute approximate surface area is 121 Å². The van der Waals surface area contributed by atoms with E-state index in [4.69, 9.17) is 5.11 Å². The third-order valence-corrected chi connectivity index (χ3v) is 3.46. The van der Waals surface area contributed by atoms with Crippen LogP contribution in [0, 0.1) is 5.82 Å². The molecule has 0 saturated carbocycles. The molecule has 1 amide bonds. The van der Waals surface area contributed by atoms with E-state index in [1.807, 2.05) is 12.3 Å². The maximum Gasteiger partial charge on any atom is 0.407 e. The van der Waals surface area contributed by atoms with Crippen molar-refractivity contribution in [1.29, 1.82) is 0 Å². The lowest BCUT2D eigenvalue weighted by molar-refractivity contribution is 0.150. The summed E-state index contributed by atoms with van der Waals surface area (Å²) in [5.74, 6) is -0.286. The van der Waals surface area contributed by atoms with Gasteiger partial charge in [0.2, 0.25) is 0 Å². The maximum absolute atomic E-state index is 12.9. The van der Waals surface area contributed by atoms with Gasteiger partial charge in [-0.05, 0) is 36.3 Å². The van der Waals surface area contributed by atoms with E-state index in [1.165, 1.54) is 17.0 Å². The second-order valence-electron chi connectivity index (χ2n) is 4.86. The highest BCUT2D eigenvalue weighted by atomic mass is 19.1. The summed E-state index contributed by atoms with van der Waals surface area (Å²) in [6, 6.07) is 6.11. The average molecular weight is 287 g/mol. The Bertz CT molecular complexity index is 691. The summed E-state index contributed by atoms with van der Waals surface area (Å²) in [6.45, 7) is 0.854. The summed E-state index contributed by atoms with van der Waals surface area (Å²) in [7, 11) is 0. The van der Waals surface area contributed by atoms with E-state index in [0.717, 1.165) is 17.0 Å². The minimum Gasteiger partial charge on any atom is -0.465 e. The molecule has 5 nitrogen and oxygen atoms in total. The second kappa shape index (κ2) is 5.40. The smallest absolute Gasteiger partial charge is 0.407 e. The summed E-state index contributed by atoms with van der Waals surface area (Å²) >= 11 is 0. The quantitative estimate of drug-likeness (QED) is 0.924. The van der Waals surface area contributed by atoms with E-state index < -0.39 is 6.09 Å². The van der Waals surface area contributed by atoms with Crippen molar-refractivity contribution in [2.45, 2.75) is 6.42 Å². The van der Waals surface area contributed by atoms with Crippen LogP contribution in [0.4, 0.5) is 9.18 Å². The van der Waals surface area contributed by atoms with Crippen molar-refractivity contribution in [3.8, 4) is 5.69 Å². The molecule has 3 rings (SSSR count). The minimum absolute atomic E-state index is 0.286. The highest BCUT2D eigenvalue weighted by Crippen LogP contribution is 2.20. The van der Waals surface area contributed by atoms with Gasteiger partial charge in [-0.3, -0.25) is 0 Å². The van der Waals surface area contributed by atoms with Gasteiger partial charge < -0.3 is 14.6 Å². The molecule has 0 bridgehead atoms. The fourth-order valence-electron chi connectivity index (χ4n) is 2.34. The van der Waals surface area contributed by atoms with Gasteiger partial charge in [-0.2, -0.15) is 0 Å². The second-order valence-corrected chi connectivity index (χ2v) is 4.86. The largest absolute Gasteiger partial charge is 0.465 e. The number of benzene rings is 1. The first-order valence-corrected chi connectivity index (χ1v) is 6.61. The standard InChI is InChI=1S/C15H14FN3O2/c16-12-3-5-13(6-4-12)19-9-14(17-10-19)11-2-1-7-18(8-11)15(20)21/h2-6,9-10H,1,7-8H2,(H,20,21). The number of rotatable bonds is 2. The zero-order valence-electron chi connectivity index (χ0n) is 11.2. The predicted octanol–water partition coefficient (Wildman–Crippen LogP) is 2.78. The zero-order chi connectivity index (χ0) is 14.8. The number of carbonyl (C=O) groups is 1. The van der Waals surface area contributed by atoms with Crippen molar-refractivity contribution < 1.29 is 14.3 Å². The van der Waals surface area contributed by atoms with Crippen LogP contribution in [-0.2, 0) is 0 Å². The minimum atomic E-state index is -0.918. The highest BCUT2D eigenvalue weighted by Gasteiger charge is 2.19. The fraction of sp³-hybridized carbons (Fsp3) is 0.200. The van der Waals surface area contributed by atoms with Gasteiger partial charge in [0, 0.05) is 18.4 Å². The molecule has 1 aromatic carbocycles. The van der Waals surface area contributed by atoms with Crippen LogP contribution in [-0.4, -0.2) is 38.7 Å². The van der Waals surface area contributed by atoms with E-state index >= 15 is 0 Å². The van der Waals surface area contributed by atoms with E-state index in [0.29, 0.717) is 19.5 Å². The van der Waals surface area contributed by atoms with Crippen molar-refractivity contribution in [2.24, 2.45) is 0 Å². The van der Waals surface area contributed by atoms with Gasteiger partial charge in [-0.1, -0.05) is 6.08 Å². The van der Waals surface area contributed by atoms with Crippen LogP contribution in [0.15, 0.2) is 42.9 Å². The van der Waals surface area contributed by atoms with E-state index in [1.54, 1.807) is 23.0 Å². The lowest BCUT2D eigenvalue weighted by Gasteiger charge is -2.23. The number of carboxylic acid groups (broad SMARTS) is 1. The number of amides is 1. The van der Waals surface area contributed by atoms with Crippen LogP contribution in [0.5, 0.6) is 0 Å². The molecular formula is C15H14FN3O2. The number of imidazole rings is 1. The fourth-order valence-corrected chi connectivity index (χ4v) is 2.34. The van der Waals surface area contributed by atoms with Gasteiger partial charge in [0.1, 0.15) is 5.82 Å². The van der Waals surface area contributed by atoms with Crippen LogP contribution in [0.3, 0.4) is 0 Å². The van der Waals surface area contributed by atoms with Crippen molar-refractivity contribution in [2.75, 3.05) is 13.1 Å². The number of halogens is 1. The number of nitrogens with zero attached hydrogens (tertiary/aromatic N) is 3. The highest BCUT2D eigenvalue weighted by molar-refractivity contribution is 5.72. The maximum atomic E-state index is 12.9. The van der Waals surface area contributed by atoms with Crippen LogP contribution in [0.25, 0.3) is 11.3 Å². The third kappa shape index (κ3) is 2.79. The molecule has 0 atom stereocenters. The molecule has 1 N–H and O–H groups in total. The van der Waals surface area contributed by atoms with Crippen molar-refractivity contribution >= 4 is 11.7 Å². The van der Waals surface area contributed by atoms with Gasteiger partial charge in [-0.15, -0.1) is 0 Å². The third-order valence-electron chi connectivity index (χ3n) is 3.46. The van der Waals surface area contributed by atoms with Gasteiger partial charge in [-0.25, -0.2) is 14.2 Å². The van der Waals surface area contributed by atoms with Gasteiger partial charge in [0.15, 0.2) is 0 Å². The van der Waals surface area contributed by atoms with Gasteiger partial charge in [0.25, 0.3) is 0 Å². The molecule has 0 spiro atoms. The normalized spacial score (nSPS) is 14.9. The van der Waals surface area contributed by atoms with E-state index in [9.17, 15) is 9.18 Å². The molecule has 2 heterocycles. The summed E-state index contributed by atoms with van der Waals surface area (Å²) in [5, 5.41) is 9.05. The SMILES string of the molecule is O=C(O)N1CCC=C(c2cn(-c3ccc(F)cc3)cn2)C1. The molecular weight excluding hydrogens is 273 g/mol. The van der Waals surface area contributed by atoms with Crippen LogP contribution >= 0.6 is 0 Å². The predicted molar refractivity (Wildman–Crippen MR) is 75.7 cm³/mol. The topological polar surface area (TPSA) is 58.4 Å². The lowest BCUT2D eigenvalue weighted by Crippen LogP contribution is -2.34. The van der Waals surface area contributed by atoms with Crippen molar-refractivity contribution in [1.82, 2.24) is 14.5 Å². The molecule has 0 saturated heterocycles. The molecule has 1 aromatic heterocycles. The van der Waals surface area contributed by atoms with E-state index in [2.05, 4.69) is 4.98 Å². The van der Waals surface area contributed by atoms with Crippen LogP contribution < -0.4 is 0 Å². The Morgan fingerprint density at radius 3 is 2.76 bits per heavy atom. The molecule has 0 radical (unpaired) electrons. The first-order valence-electron chi connectivity index (χ1n) is 6.61. The number of hydrogen-bond acceptors (Lipinski definition) is 2. The van der Waals surface area contributed by atoms with Crippen molar-refractivity contribution in [3.05, 3.63) is 54.4 Å². The molecule has 0 unspecified atom stereocenters. The Morgan fingerprint density at radius 2 is 2.05 bits per heavy atom. The van der Waals surface area contributed by atoms with E-state index in [-0.39, 0.29) is 5.82 Å². The van der Waals surface area contributed by atoms with Crippen LogP contribution in [0.2, 0.25) is 0 Å². The molecule has 108 valence electrons. The van der Waals surface area contributed by atoms with Gasteiger partial charge >= 0.3 is 6.09 Å².